The normalized spacial score (nSPS) is 15.1. The zero-order valence-electron chi connectivity index (χ0n) is 5.53. The Morgan fingerprint density at radius 2 is 2.00 bits per heavy atom. The standard InChI is InChI=1S/C4H12N2O3S/c5-3-4(6)1-2-10(7,8)9/h4H,1-3,5-6H2,(H,7,8,9). The lowest BCUT2D eigenvalue weighted by molar-refractivity contribution is 0.477. The molecule has 0 spiro atoms. The van der Waals surface area contributed by atoms with Crippen molar-refractivity contribution in [2.45, 2.75) is 12.5 Å². The first-order valence-corrected chi connectivity index (χ1v) is 4.47. The fraction of sp³-hybridized carbons (Fsp3) is 1.00. The van der Waals surface area contributed by atoms with Crippen molar-refractivity contribution in [2.75, 3.05) is 12.3 Å². The van der Waals surface area contributed by atoms with E-state index in [1.54, 1.807) is 0 Å². The molecule has 1 atom stereocenters. The van der Waals surface area contributed by atoms with Gasteiger partial charge >= 0.3 is 0 Å². The van der Waals surface area contributed by atoms with Gasteiger partial charge in [0.25, 0.3) is 10.1 Å². The Morgan fingerprint density at radius 3 is 2.30 bits per heavy atom. The highest BCUT2D eigenvalue weighted by atomic mass is 32.2. The first-order valence-electron chi connectivity index (χ1n) is 2.86. The molecule has 10 heavy (non-hydrogen) atoms. The Bertz CT molecular complexity index is 177. The summed E-state index contributed by atoms with van der Waals surface area (Å²) in [5, 5.41) is 0. The second-order valence-corrected chi connectivity index (χ2v) is 3.64. The lowest BCUT2D eigenvalue weighted by atomic mass is 10.2. The lowest BCUT2D eigenvalue weighted by Gasteiger charge is -2.04. The molecule has 0 aliphatic carbocycles. The van der Waals surface area contributed by atoms with Gasteiger partial charge in [-0.1, -0.05) is 0 Å². The predicted octanol–water partition coefficient (Wildman–Crippen LogP) is -1.45. The third-order valence-corrected chi connectivity index (χ3v) is 1.80. The third kappa shape index (κ3) is 5.96. The molecular weight excluding hydrogens is 156 g/mol. The molecule has 0 aliphatic heterocycles. The van der Waals surface area contributed by atoms with Crippen molar-refractivity contribution in [1.29, 1.82) is 0 Å². The summed E-state index contributed by atoms with van der Waals surface area (Å²) in [6, 6.07) is -0.345. The van der Waals surface area contributed by atoms with Crippen LogP contribution in [0.2, 0.25) is 0 Å². The van der Waals surface area contributed by atoms with Gasteiger partial charge in [-0.2, -0.15) is 8.42 Å². The van der Waals surface area contributed by atoms with Crippen LogP contribution in [0.25, 0.3) is 0 Å². The summed E-state index contributed by atoms with van der Waals surface area (Å²) in [5.41, 5.74) is 10.4. The van der Waals surface area contributed by atoms with Crippen LogP contribution in [0.1, 0.15) is 6.42 Å². The number of hydrogen-bond donors (Lipinski definition) is 3. The van der Waals surface area contributed by atoms with E-state index in [0.29, 0.717) is 0 Å². The van der Waals surface area contributed by atoms with Gasteiger partial charge in [0.1, 0.15) is 0 Å². The Kier molecular flexibility index (Phi) is 3.80. The molecule has 1 unspecified atom stereocenters. The summed E-state index contributed by atoms with van der Waals surface area (Å²) in [6.45, 7) is 0.232. The molecule has 0 bridgehead atoms. The van der Waals surface area contributed by atoms with E-state index >= 15 is 0 Å². The summed E-state index contributed by atoms with van der Waals surface area (Å²) in [7, 11) is -3.86. The first kappa shape index (κ1) is 9.83. The molecule has 0 radical (unpaired) electrons. The average Bonchev–Trinajstić information content (AvgIpc) is 1.81. The van der Waals surface area contributed by atoms with Gasteiger partial charge in [-0.05, 0) is 6.42 Å². The zero-order valence-corrected chi connectivity index (χ0v) is 6.34. The van der Waals surface area contributed by atoms with E-state index in [2.05, 4.69) is 0 Å². The van der Waals surface area contributed by atoms with E-state index in [1.165, 1.54) is 0 Å². The van der Waals surface area contributed by atoms with Gasteiger partial charge in [0.2, 0.25) is 0 Å². The highest BCUT2D eigenvalue weighted by Gasteiger charge is 2.07. The first-order chi connectivity index (χ1) is 4.45. The van der Waals surface area contributed by atoms with Crippen LogP contribution in [-0.4, -0.2) is 31.3 Å². The summed E-state index contributed by atoms with van der Waals surface area (Å²) in [6.07, 6.45) is 0.204. The van der Waals surface area contributed by atoms with E-state index in [9.17, 15) is 8.42 Å². The van der Waals surface area contributed by atoms with Gasteiger partial charge in [-0.15, -0.1) is 0 Å². The highest BCUT2D eigenvalue weighted by molar-refractivity contribution is 7.85. The predicted molar refractivity (Wildman–Crippen MR) is 38.1 cm³/mol. The minimum atomic E-state index is -3.86. The monoisotopic (exact) mass is 168 g/mol. The van der Waals surface area contributed by atoms with Crippen molar-refractivity contribution in [3.05, 3.63) is 0 Å². The topological polar surface area (TPSA) is 106 Å². The Labute approximate surface area is 60.1 Å². The van der Waals surface area contributed by atoms with E-state index in [4.69, 9.17) is 16.0 Å². The van der Waals surface area contributed by atoms with Crippen molar-refractivity contribution >= 4 is 10.1 Å². The number of hydrogen-bond acceptors (Lipinski definition) is 4. The third-order valence-electron chi connectivity index (χ3n) is 1.05. The molecule has 0 aromatic heterocycles. The zero-order chi connectivity index (χ0) is 8.20. The number of rotatable bonds is 4. The van der Waals surface area contributed by atoms with Crippen LogP contribution < -0.4 is 11.5 Å². The molecule has 0 amide bonds. The molecule has 5 nitrogen and oxygen atoms in total. The molecule has 0 aromatic carbocycles. The van der Waals surface area contributed by atoms with E-state index in [0.717, 1.165) is 0 Å². The fourth-order valence-corrected chi connectivity index (χ4v) is 1.02. The minimum absolute atomic E-state index is 0.204. The molecule has 6 heteroatoms. The average molecular weight is 168 g/mol. The molecule has 62 valence electrons. The lowest BCUT2D eigenvalue weighted by Crippen LogP contribution is -2.31. The fourth-order valence-electron chi connectivity index (χ4n) is 0.418. The molecule has 0 rings (SSSR count). The van der Waals surface area contributed by atoms with Crippen LogP contribution >= 0.6 is 0 Å². The minimum Gasteiger partial charge on any atom is -0.329 e. The Balaban J connectivity index is 3.56. The van der Waals surface area contributed by atoms with Crippen LogP contribution in [-0.2, 0) is 10.1 Å². The van der Waals surface area contributed by atoms with Gasteiger partial charge in [0.15, 0.2) is 0 Å². The Hall–Kier alpha value is -0.170. The van der Waals surface area contributed by atoms with Crippen LogP contribution in [0.3, 0.4) is 0 Å². The molecule has 0 saturated carbocycles. The van der Waals surface area contributed by atoms with Crippen molar-refractivity contribution in [2.24, 2.45) is 11.5 Å². The Morgan fingerprint density at radius 1 is 1.50 bits per heavy atom. The second kappa shape index (κ2) is 3.87. The van der Waals surface area contributed by atoms with Gasteiger partial charge in [-0.25, -0.2) is 0 Å². The van der Waals surface area contributed by atoms with Gasteiger partial charge < -0.3 is 11.5 Å². The van der Waals surface area contributed by atoms with E-state index in [1.807, 2.05) is 0 Å². The van der Waals surface area contributed by atoms with Crippen molar-refractivity contribution in [1.82, 2.24) is 0 Å². The summed E-state index contributed by atoms with van der Waals surface area (Å²) >= 11 is 0. The maximum atomic E-state index is 10.1. The van der Waals surface area contributed by atoms with Gasteiger partial charge in [0, 0.05) is 12.6 Å². The van der Waals surface area contributed by atoms with Crippen molar-refractivity contribution in [3.8, 4) is 0 Å². The quantitative estimate of drug-likeness (QED) is 0.445. The van der Waals surface area contributed by atoms with Gasteiger partial charge in [0.05, 0.1) is 5.75 Å². The van der Waals surface area contributed by atoms with E-state index < -0.39 is 10.1 Å². The molecule has 0 heterocycles. The van der Waals surface area contributed by atoms with Gasteiger partial charge in [-0.3, -0.25) is 4.55 Å². The summed E-state index contributed by atoms with van der Waals surface area (Å²) in [4.78, 5) is 0. The van der Waals surface area contributed by atoms with Crippen LogP contribution in [0, 0.1) is 0 Å². The van der Waals surface area contributed by atoms with Crippen molar-refractivity contribution in [3.63, 3.8) is 0 Å². The molecule has 5 N–H and O–H groups in total. The van der Waals surface area contributed by atoms with Crippen molar-refractivity contribution < 1.29 is 13.0 Å². The molecule has 0 fully saturated rings. The van der Waals surface area contributed by atoms with Crippen LogP contribution in [0.15, 0.2) is 0 Å². The maximum absolute atomic E-state index is 10.1. The highest BCUT2D eigenvalue weighted by Crippen LogP contribution is 1.90. The number of nitrogens with two attached hydrogens (primary N) is 2. The molecule has 0 saturated heterocycles. The maximum Gasteiger partial charge on any atom is 0.264 e. The van der Waals surface area contributed by atoms with E-state index in [-0.39, 0.29) is 24.8 Å². The second-order valence-electron chi connectivity index (χ2n) is 2.07. The summed E-state index contributed by atoms with van der Waals surface area (Å²) < 4.78 is 28.5. The van der Waals surface area contributed by atoms with Crippen LogP contribution in [0.4, 0.5) is 0 Å². The largest absolute Gasteiger partial charge is 0.329 e. The molecular formula is C4H12N2O3S. The van der Waals surface area contributed by atoms with Crippen LogP contribution in [0.5, 0.6) is 0 Å². The molecule has 0 aliphatic rings. The summed E-state index contributed by atoms with van der Waals surface area (Å²) in [5.74, 6) is -0.314. The SMILES string of the molecule is NCC(N)CCS(=O)(=O)O. The smallest absolute Gasteiger partial charge is 0.264 e. The molecule has 0 aromatic rings.